The van der Waals surface area contributed by atoms with Crippen molar-refractivity contribution in [2.24, 2.45) is 0 Å². The molecule has 3 heterocycles. The standard InChI is InChI=1S/C37H36F3N3O5/c38-37(39,40)28-7-2-5-25(21-28)31(44)33(46)43-17-3-8-30-29(22-43)32(45)42-34(41-30)35(13-14-35)27-6-1-4-24(20-27)23-9-11-26(12-10-23)36(47)15-18-48-19-16-36/h1-2,4-7,9-12,20-21,31,44,47H,3,8,13-19,22H2,(H,41,42,45)/t31-/m1/s1. The highest BCUT2D eigenvalue weighted by atomic mass is 19.4. The molecule has 0 bridgehead atoms. The normalized spacial score (nSPS) is 19.2. The molecule has 0 unspecified atom stereocenters. The van der Waals surface area contributed by atoms with Gasteiger partial charge in [-0.25, -0.2) is 4.98 Å². The van der Waals surface area contributed by atoms with E-state index in [0.29, 0.717) is 56.0 Å². The average Bonchev–Trinajstić information content (AvgIpc) is 3.93. The fourth-order valence-electron chi connectivity index (χ4n) is 6.99. The maximum atomic E-state index is 13.5. The number of rotatable bonds is 6. The summed E-state index contributed by atoms with van der Waals surface area (Å²) in [5.74, 6) is -0.194. The first-order valence-corrected chi connectivity index (χ1v) is 16.3. The third-order valence-corrected chi connectivity index (χ3v) is 10.1. The number of H-pyrrole nitrogens is 1. The summed E-state index contributed by atoms with van der Waals surface area (Å²) in [5.41, 5.74) is 2.00. The number of benzene rings is 3. The molecule has 3 aromatic carbocycles. The lowest BCUT2D eigenvalue weighted by Gasteiger charge is -2.32. The van der Waals surface area contributed by atoms with Crippen LogP contribution in [0.5, 0.6) is 0 Å². The molecule has 1 aliphatic carbocycles. The van der Waals surface area contributed by atoms with Gasteiger partial charge in [-0.1, -0.05) is 60.7 Å². The summed E-state index contributed by atoms with van der Waals surface area (Å²) in [6.45, 7) is 1.18. The van der Waals surface area contributed by atoms with E-state index in [0.717, 1.165) is 53.3 Å². The van der Waals surface area contributed by atoms with Gasteiger partial charge in [0.05, 0.1) is 34.4 Å². The SMILES string of the molecule is O=C([C@H](O)c1cccc(C(F)(F)F)c1)N1CCCc2nc(C3(c4cccc(-c5ccc(C6(O)CCOCC6)cc5)c4)CC3)[nH]c(=O)c2C1. The average molecular weight is 660 g/mol. The van der Waals surface area contributed by atoms with Crippen LogP contribution in [0.25, 0.3) is 11.1 Å². The zero-order valence-electron chi connectivity index (χ0n) is 26.2. The van der Waals surface area contributed by atoms with Crippen molar-refractivity contribution >= 4 is 5.91 Å². The number of amides is 1. The highest BCUT2D eigenvalue weighted by molar-refractivity contribution is 5.82. The topological polar surface area (TPSA) is 116 Å². The summed E-state index contributed by atoms with van der Waals surface area (Å²) < 4.78 is 45.1. The highest BCUT2D eigenvalue weighted by Crippen LogP contribution is 2.52. The van der Waals surface area contributed by atoms with Crippen molar-refractivity contribution in [2.45, 2.75) is 68.4 Å². The molecule has 2 aliphatic heterocycles. The number of carbonyl (C=O) groups is 1. The Hall–Kier alpha value is -4.32. The van der Waals surface area contributed by atoms with Gasteiger partial charge in [-0.2, -0.15) is 13.2 Å². The Morgan fingerprint density at radius 3 is 2.38 bits per heavy atom. The first-order chi connectivity index (χ1) is 23.0. The highest BCUT2D eigenvalue weighted by Gasteiger charge is 2.49. The molecule has 7 rings (SSSR count). The minimum absolute atomic E-state index is 0.104. The molecule has 1 saturated carbocycles. The Morgan fingerprint density at radius 1 is 0.938 bits per heavy atom. The van der Waals surface area contributed by atoms with E-state index in [1.807, 2.05) is 42.5 Å². The number of nitrogens with zero attached hydrogens (tertiary/aromatic N) is 2. The molecule has 1 saturated heterocycles. The molecule has 1 aromatic heterocycles. The van der Waals surface area contributed by atoms with Crippen LogP contribution in [0.1, 0.15) is 77.5 Å². The van der Waals surface area contributed by atoms with Crippen LogP contribution < -0.4 is 5.56 Å². The number of fused-ring (bicyclic) bond motifs is 1. The van der Waals surface area contributed by atoms with Gasteiger partial charge in [-0.3, -0.25) is 9.59 Å². The largest absolute Gasteiger partial charge is 0.416 e. The lowest BCUT2D eigenvalue weighted by Crippen LogP contribution is -2.36. The number of nitrogens with one attached hydrogen (secondary N) is 1. The molecule has 3 N–H and O–H groups in total. The summed E-state index contributed by atoms with van der Waals surface area (Å²) in [7, 11) is 0. The van der Waals surface area contributed by atoms with Crippen molar-refractivity contribution in [1.29, 1.82) is 0 Å². The number of alkyl halides is 3. The quantitative estimate of drug-likeness (QED) is 0.250. The van der Waals surface area contributed by atoms with Gasteiger partial charge >= 0.3 is 6.18 Å². The first-order valence-electron chi connectivity index (χ1n) is 16.3. The van der Waals surface area contributed by atoms with Crippen molar-refractivity contribution in [3.63, 3.8) is 0 Å². The van der Waals surface area contributed by atoms with E-state index in [2.05, 4.69) is 11.1 Å². The van der Waals surface area contributed by atoms with E-state index in [4.69, 9.17) is 9.72 Å². The summed E-state index contributed by atoms with van der Waals surface area (Å²) in [4.78, 5) is 36.0. The number of aromatic nitrogens is 2. The summed E-state index contributed by atoms with van der Waals surface area (Å²) in [6.07, 6.45) is -2.76. The lowest BCUT2D eigenvalue weighted by atomic mass is 9.85. The van der Waals surface area contributed by atoms with Crippen LogP contribution in [0, 0.1) is 0 Å². The Labute approximate surface area is 275 Å². The molecular weight excluding hydrogens is 623 g/mol. The molecule has 250 valence electrons. The third kappa shape index (κ3) is 6.06. The second-order valence-electron chi connectivity index (χ2n) is 13.1. The zero-order valence-corrected chi connectivity index (χ0v) is 26.2. The fourth-order valence-corrected chi connectivity index (χ4v) is 6.99. The minimum atomic E-state index is -4.61. The number of aryl methyl sites for hydroxylation is 1. The van der Waals surface area contributed by atoms with Crippen molar-refractivity contribution in [2.75, 3.05) is 19.8 Å². The Kier molecular flexibility index (Phi) is 8.25. The number of hydrogen-bond donors (Lipinski definition) is 3. The Morgan fingerprint density at radius 2 is 1.67 bits per heavy atom. The van der Waals surface area contributed by atoms with Crippen LogP contribution in [0.2, 0.25) is 0 Å². The van der Waals surface area contributed by atoms with Crippen LogP contribution >= 0.6 is 0 Å². The van der Waals surface area contributed by atoms with Crippen molar-refractivity contribution < 1.29 is 32.9 Å². The van der Waals surface area contributed by atoms with Gasteiger partial charge in [0, 0.05) is 32.6 Å². The van der Waals surface area contributed by atoms with Gasteiger partial charge in [-0.05, 0) is 65.6 Å². The Balaban J connectivity index is 1.11. The molecule has 3 aliphatic rings. The number of aliphatic hydroxyl groups excluding tert-OH is 1. The van der Waals surface area contributed by atoms with Gasteiger partial charge in [0.15, 0.2) is 6.10 Å². The molecule has 48 heavy (non-hydrogen) atoms. The van der Waals surface area contributed by atoms with E-state index in [1.54, 1.807) is 0 Å². The van der Waals surface area contributed by atoms with Gasteiger partial charge in [0.2, 0.25) is 0 Å². The van der Waals surface area contributed by atoms with Crippen LogP contribution in [0.4, 0.5) is 13.2 Å². The van der Waals surface area contributed by atoms with Crippen LogP contribution in [0.15, 0.2) is 77.6 Å². The number of halogens is 3. The molecular formula is C37H36F3N3O5. The minimum Gasteiger partial charge on any atom is -0.385 e. The van der Waals surface area contributed by atoms with E-state index in [9.17, 15) is 33.0 Å². The Bertz CT molecular complexity index is 1900. The van der Waals surface area contributed by atoms with E-state index < -0.39 is 34.8 Å². The second-order valence-corrected chi connectivity index (χ2v) is 13.1. The van der Waals surface area contributed by atoms with Crippen molar-refractivity contribution in [3.8, 4) is 11.1 Å². The number of carbonyl (C=O) groups excluding carboxylic acids is 1. The van der Waals surface area contributed by atoms with Crippen molar-refractivity contribution in [1.82, 2.24) is 14.9 Å². The number of ether oxygens (including phenoxy) is 1. The number of aliphatic hydroxyl groups is 2. The predicted octanol–water partition coefficient (Wildman–Crippen LogP) is 5.54. The number of hydrogen-bond acceptors (Lipinski definition) is 6. The first kappa shape index (κ1) is 32.2. The summed E-state index contributed by atoms with van der Waals surface area (Å²) in [5, 5.41) is 21.8. The molecule has 2 fully saturated rings. The molecule has 0 spiro atoms. The van der Waals surface area contributed by atoms with E-state index >= 15 is 0 Å². The van der Waals surface area contributed by atoms with E-state index in [1.165, 1.54) is 11.0 Å². The molecule has 0 radical (unpaired) electrons. The predicted molar refractivity (Wildman–Crippen MR) is 171 cm³/mol. The molecule has 11 heteroatoms. The van der Waals surface area contributed by atoms with E-state index in [-0.39, 0.29) is 24.2 Å². The third-order valence-electron chi connectivity index (χ3n) is 10.1. The van der Waals surface area contributed by atoms with Crippen LogP contribution in [0.3, 0.4) is 0 Å². The fraction of sp³-hybridized carbons (Fsp3) is 0.378. The zero-order chi connectivity index (χ0) is 33.7. The maximum Gasteiger partial charge on any atom is 0.416 e. The summed E-state index contributed by atoms with van der Waals surface area (Å²) >= 11 is 0. The van der Waals surface area contributed by atoms with Gasteiger partial charge < -0.3 is 24.8 Å². The van der Waals surface area contributed by atoms with Gasteiger partial charge in [0.1, 0.15) is 5.82 Å². The van der Waals surface area contributed by atoms with Gasteiger partial charge in [-0.15, -0.1) is 0 Å². The molecule has 1 atom stereocenters. The second kappa shape index (κ2) is 12.3. The van der Waals surface area contributed by atoms with Crippen molar-refractivity contribution in [3.05, 3.63) is 122 Å². The number of aromatic amines is 1. The maximum absolute atomic E-state index is 13.5. The summed E-state index contributed by atoms with van der Waals surface area (Å²) in [6, 6.07) is 20.2. The monoisotopic (exact) mass is 659 g/mol. The smallest absolute Gasteiger partial charge is 0.385 e. The lowest BCUT2D eigenvalue weighted by molar-refractivity contribution is -0.142. The van der Waals surface area contributed by atoms with Crippen LogP contribution in [-0.2, 0) is 39.7 Å². The van der Waals surface area contributed by atoms with Crippen LogP contribution in [-0.4, -0.2) is 50.7 Å². The molecule has 8 nitrogen and oxygen atoms in total. The van der Waals surface area contributed by atoms with Gasteiger partial charge in [0.25, 0.3) is 11.5 Å². The molecule has 1 amide bonds. The molecule has 4 aromatic rings.